The van der Waals surface area contributed by atoms with Gasteiger partial charge in [0.2, 0.25) is 0 Å². The van der Waals surface area contributed by atoms with E-state index in [0.29, 0.717) is 12.0 Å². The molecule has 1 N–H and O–H groups in total. The number of urea groups is 1. The van der Waals surface area contributed by atoms with Gasteiger partial charge in [0.25, 0.3) is 5.91 Å². The Morgan fingerprint density at radius 2 is 1.94 bits per heavy atom. The van der Waals surface area contributed by atoms with Crippen molar-refractivity contribution in [1.82, 2.24) is 14.8 Å². The van der Waals surface area contributed by atoms with E-state index in [1.54, 1.807) is 11.3 Å². The number of rotatable bonds is 4. The number of imide groups is 1. The Hall–Kier alpha value is -3.19. The van der Waals surface area contributed by atoms with Crippen LogP contribution in [0.2, 0.25) is 0 Å². The second kappa shape index (κ2) is 7.20. The molecule has 6 nitrogen and oxygen atoms in total. The molecule has 0 saturated carbocycles. The first-order chi connectivity index (χ1) is 14.9. The van der Waals surface area contributed by atoms with Gasteiger partial charge in [-0.25, -0.2) is 4.79 Å². The van der Waals surface area contributed by atoms with Gasteiger partial charge in [0.05, 0.1) is 6.54 Å². The van der Waals surface area contributed by atoms with Gasteiger partial charge in [-0.1, -0.05) is 18.2 Å². The molecule has 0 radical (unpaired) electrons. The lowest BCUT2D eigenvalue weighted by atomic mass is 9.80. The van der Waals surface area contributed by atoms with Crippen molar-refractivity contribution in [1.29, 1.82) is 0 Å². The van der Waals surface area contributed by atoms with E-state index in [2.05, 4.69) is 5.32 Å². The van der Waals surface area contributed by atoms with Gasteiger partial charge in [0, 0.05) is 33.1 Å². The van der Waals surface area contributed by atoms with Crippen molar-refractivity contribution in [2.75, 3.05) is 6.54 Å². The maximum absolute atomic E-state index is 13.4. The molecule has 158 valence electrons. The van der Waals surface area contributed by atoms with Crippen LogP contribution in [0.15, 0.2) is 47.8 Å². The van der Waals surface area contributed by atoms with Crippen molar-refractivity contribution in [3.05, 3.63) is 75.2 Å². The molecule has 0 bridgehead atoms. The third-order valence-corrected chi connectivity index (χ3v) is 7.36. The monoisotopic (exact) mass is 433 g/mol. The van der Waals surface area contributed by atoms with Crippen LogP contribution in [0.5, 0.6) is 0 Å². The van der Waals surface area contributed by atoms with Crippen LogP contribution < -0.4 is 5.32 Å². The van der Waals surface area contributed by atoms with Crippen molar-refractivity contribution in [3.8, 4) is 5.69 Å². The summed E-state index contributed by atoms with van der Waals surface area (Å²) < 4.78 is 2.01. The van der Waals surface area contributed by atoms with Crippen molar-refractivity contribution in [2.45, 2.75) is 38.6 Å². The fourth-order valence-corrected chi connectivity index (χ4v) is 5.93. The molecule has 1 aliphatic carbocycles. The van der Waals surface area contributed by atoms with Crippen molar-refractivity contribution >= 4 is 29.1 Å². The van der Waals surface area contributed by atoms with Gasteiger partial charge in [-0.3, -0.25) is 14.5 Å². The molecule has 2 aromatic heterocycles. The Bertz CT molecular complexity index is 1210. The number of Topliss-reactive ketones (excluding diaryl/α,β-unsaturated/α-hetero) is 1. The molecule has 3 amide bonds. The van der Waals surface area contributed by atoms with E-state index >= 15 is 0 Å². The van der Waals surface area contributed by atoms with Gasteiger partial charge in [0.1, 0.15) is 5.54 Å². The van der Waals surface area contributed by atoms with Crippen LogP contribution in [0.1, 0.15) is 45.0 Å². The first-order valence-electron chi connectivity index (χ1n) is 10.4. The summed E-state index contributed by atoms with van der Waals surface area (Å²) in [5.41, 5.74) is 3.09. The highest BCUT2D eigenvalue weighted by Gasteiger charge is 2.54. The molecule has 31 heavy (non-hydrogen) atoms. The topological polar surface area (TPSA) is 71.4 Å². The van der Waals surface area contributed by atoms with E-state index in [0.717, 1.165) is 45.3 Å². The molecule has 1 atom stereocenters. The molecule has 2 aliphatic rings. The smallest absolute Gasteiger partial charge is 0.319 e. The Balaban J connectivity index is 1.44. The summed E-state index contributed by atoms with van der Waals surface area (Å²) in [5, 5.41) is 4.87. The molecular formula is C24H23N3O3S. The lowest BCUT2D eigenvalue weighted by Crippen LogP contribution is -2.46. The van der Waals surface area contributed by atoms with Crippen LogP contribution >= 0.6 is 11.3 Å². The van der Waals surface area contributed by atoms with Crippen LogP contribution in [0.4, 0.5) is 4.79 Å². The summed E-state index contributed by atoms with van der Waals surface area (Å²) in [6, 6.07) is 13.1. The lowest BCUT2D eigenvalue weighted by molar-refractivity contribution is -0.131. The number of para-hydroxylation sites is 1. The third kappa shape index (κ3) is 2.95. The fourth-order valence-electron chi connectivity index (χ4n) is 4.93. The zero-order valence-electron chi connectivity index (χ0n) is 17.5. The minimum atomic E-state index is -1.02. The highest BCUT2D eigenvalue weighted by Crippen LogP contribution is 2.42. The van der Waals surface area contributed by atoms with Crippen LogP contribution in [0, 0.1) is 13.8 Å². The molecule has 5 rings (SSSR count). The lowest BCUT2D eigenvalue weighted by Gasteiger charge is -2.31. The number of thiophene rings is 1. The fraction of sp³-hybridized carbons (Fsp3) is 0.292. The number of aromatic nitrogens is 1. The van der Waals surface area contributed by atoms with Gasteiger partial charge in [0.15, 0.2) is 5.78 Å². The number of carbonyl (C=O) groups excluding carboxylic acids is 3. The number of ketones is 1. The average Bonchev–Trinajstić information content (AvgIpc) is 3.42. The molecule has 3 aromatic rings. The summed E-state index contributed by atoms with van der Waals surface area (Å²) in [5.74, 6) is -0.556. The molecule has 1 saturated heterocycles. The van der Waals surface area contributed by atoms with Crippen molar-refractivity contribution in [3.63, 3.8) is 0 Å². The number of benzene rings is 1. The van der Waals surface area contributed by atoms with Crippen LogP contribution in [-0.4, -0.2) is 33.7 Å². The van der Waals surface area contributed by atoms with Crippen molar-refractivity contribution in [2.24, 2.45) is 0 Å². The van der Waals surface area contributed by atoms with Gasteiger partial charge < -0.3 is 9.88 Å². The number of amides is 3. The quantitative estimate of drug-likeness (QED) is 0.497. The summed E-state index contributed by atoms with van der Waals surface area (Å²) in [6.45, 7) is 3.57. The van der Waals surface area contributed by atoms with E-state index in [4.69, 9.17) is 0 Å². The number of hydrogen-bond donors (Lipinski definition) is 1. The summed E-state index contributed by atoms with van der Waals surface area (Å²) >= 11 is 1.61. The van der Waals surface area contributed by atoms with E-state index < -0.39 is 11.6 Å². The van der Waals surface area contributed by atoms with E-state index in [1.807, 2.05) is 66.3 Å². The SMILES string of the molecule is Cc1cc(C(=O)CN2C(=O)N[C@@]3(CCCc4sccc43)C2=O)c(C)n1-c1ccccc1. The maximum Gasteiger partial charge on any atom is 0.325 e. The standard InChI is InChI=1S/C24H23N3O3S/c1-15-13-18(16(2)27(15)17-7-4-3-5-8-17)20(28)14-26-22(29)24(25-23(26)30)11-6-9-21-19(24)10-12-31-21/h3-5,7-8,10,12-13H,6,9,11,14H2,1-2H3,(H,25,30)/t24-/m1/s1. The normalized spacial score (nSPS) is 20.3. The molecule has 1 aliphatic heterocycles. The predicted molar refractivity (Wildman–Crippen MR) is 119 cm³/mol. The zero-order chi connectivity index (χ0) is 21.8. The second-order valence-corrected chi connectivity index (χ2v) is 9.22. The number of nitrogens with one attached hydrogen (secondary N) is 1. The molecule has 1 fully saturated rings. The minimum absolute atomic E-state index is 0.239. The van der Waals surface area contributed by atoms with Gasteiger partial charge in [-0.2, -0.15) is 0 Å². The Kier molecular flexibility index (Phi) is 4.59. The van der Waals surface area contributed by atoms with Crippen LogP contribution in [-0.2, 0) is 16.8 Å². The molecule has 1 aromatic carbocycles. The first-order valence-corrected chi connectivity index (χ1v) is 11.3. The summed E-state index contributed by atoms with van der Waals surface area (Å²) in [4.78, 5) is 41.6. The maximum atomic E-state index is 13.4. The van der Waals surface area contributed by atoms with Gasteiger partial charge in [-0.15, -0.1) is 11.3 Å². The molecule has 0 unspecified atom stereocenters. The molecular weight excluding hydrogens is 410 g/mol. The highest BCUT2D eigenvalue weighted by molar-refractivity contribution is 7.10. The third-order valence-electron chi connectivity index (χ3n) is 6.38. The molecule has 7 heteroatoms. The minimum Gasteiger partial charge on any atom is -0.319 e. The largest absolute Gasteiger partial charge is 0.325 e. The van der Waals surface area contributed by atoms with Crippen LogP contribution in [0.25, 0.3) is 5.69 Å². The molecule has 1 spiro atoms. The second-order valence-electron chi connectivity index (χ2n) is 8.22. The molecule has 3 heterocycles. The van der Waals surface area contributed by atoms with E-state index in [9.17, 15) is 14.4 Å². The van der Waals surface area contributed by atoms with Gasteiger partial charge in [-0.05, 0) is 62.8 Å². The Labute approximate surface area is 184 Å². The number of aryl methyl sites for hydroxylation is 2. The average molecular weight is 434 g/mol. The predicted octanol–water partition coefficient (Wildman–Crippen LogP) is 4.12. The Morgan fingerprint density at radius 1 is 1.16 bits per heavy atom. The van der Waals surface area contributed by atoms with Crippen LogP contribution in [0.3, 0.4) is 0 Å². The number of fused-ring (bicyclic) bond motifs is 2. The summed E-state index contributed by atoms with van der Waals surface area (Å²) in [7, 11) is 0. The first kappa shape index (κ1) is 19.8. The number of nitrogens with zero attached hydrogens (tertiary/aromatic N) is 2. The van der Waals surface area contributed by atoms with Crippen molar-refractivity contribution < 1.29 is 14.4 Å². The summed E-state index contributed by atoms with van der Waals surface area (Å²) in [6.07, 6.45) is 2.32. The zero-order valence-corrected chi connectivity index (χ0v) is 18.3. The highest BCUT2D eigenvalue weighted by atomic mass is 32.1. The van der Waals surface area contributed by atoms with E-state index in [1.165, 1.54) is 0 Å². The van der Waals surface area contributed by atoms with E-state index in [-0.39, 0.29) is 18.2 Å². The number of hydrogen-bond acceptors (Lipinski definition) is 4. The number of carbonyl (C=O) groups is 3. The van der Waals surface area contributed by atoms with Gasteiger partial charge >= 0.3 is 6.03 Å². The Morgan fingerprint density at radius 3 is 2.71 bits per heavy atom.